The van der Waals surface area contributed by atoms with Gasteiger partial charge in [-0.05, 0) is 25.0 Å². The van der Waals surface area contributed by atoms with Gasteiger partial charge in [0.25, 0.3) is 0 Å². The van der Waals surface area contributed by atoms with E-state index in [-0.39, 0.29) is 0 Å². The molecule has 5 nitrogen and oxygen atoms in total. The summed E-state index contributed by atoms with van der Waals surface area (Å²) in [7, 11) is 0. The summed E-state index contributed by atoms with van der Waals surface area (Å²) in [6, 6.07) is 9.03. The van der Waals surface area contributed by atoms with Gasteiger partial charge in [-0.15, -0.1) is 0 Å². The molecule has 1 aromatic carbocycles. The monoisotopic (exact) mass is 255 g/mol. The van der Waals surface area contributed by atoms with Gasteiger partial charge in [-0.25, -0.2) is 10.8 Å². The van der Waals surface area contributed by atoms with Crippen LogP contribution in [0.5, 0.6) is 0 Å². The second-order valence-corrected chi connectivity index (χ2v) is 4.85. The Morgan fingerprint density at radius 2 is 2.16 bits per heavy atom. The van der Waals surface area contributed by atoms with Crippen molar-refractivity contribution in [1.29, 1.82) is 0 Å². The molecule has 0 fully saturated rings. The van der Waals surface area contributed by atoms with Crippen molar-refractivity contribution in [2.75, 3.05) is 10.3 Å². The molecule has 98 valence electrons. The normalized spacial score (nSPS) is 17.4. The van der Waals surface area contributed by atoms with Crippen LogP contribution in [0.2, 0.25) is 0 Å². The fourth-order valence-corrected chi connectivity index (χ4v) is 2.56. The molecule has 0 spiro atoms. The second kappa shape index (κ2) is 4.85. The number of hydrogen-bond donors (Lipinski definition) is 2. The number of anilines is 2. The number of para-hydroxylation sites is 1. The highest BCUT2D eigenvalue weighted by molar-refractivity contribution is 5.59. The van der Waals surface area contributed by atoms with Crippen LogP contribution in [-0.2, 0) is 13.0 Å². The first kappa shape index (κ1) is 11.9. The van der Waals surface area contributed by atoms with Gasteiger partial charge in [0, 0.05) is 11.7 Å². The van der Waals surface area contributed by atoms with Gasteiger partial charge in [0.1, 0.15) is 0 Å². The van der Waals surface area contributed by atoms with Crippen LogP contribution in [0.1, 0.15) is 18.2 Å². The number of rotatable bonds is 3. The van der Waals surface area contributed by atoms with Crippen molar-refractivity contribution in [3.8, 4) is 0 Å². The van der Waals surface area contributed by atoms with Crippen molar-refractivity contribution < 1.29 is 0 Å². The summed E-state index contributed by atoms with van der Waals surface area (Å²) < 4.78 is 0. The third kappa shape index (κ3) is 2.24. The molecule has 2 heterocycles. The van der Waals surface area contributed by atoms with Crippen molar-refractivity contribution in [2.24, 2.45) is 5.84 Å². The van der Waals surface area contributed by atoms with E-state index in [1.54, 1.807) is 12.4 Å². The predicted molar refractivity (Wildman–Crippen MR) is 75.6 cm³/mol. The molecule has 0 bridgehead atoms. The molecule has 0 aliphatic carbocycles. The Labute approximate surface area is 112 Å². The Morgan fingerprint density at radius 3 is 2.89 bits per heavy atom. The quantitative estimate of drug-likeness (QED) is 0.645. The Hall–Kier alpha value is -2.14. The molecule has 3 rings (SSSR count). The van der Waals surface area contributed by atoms with Crippen molar-refractivity contribution >= 4 is 11.5 Å². The van der Waals surface area contributed by atoms with E-state index in [1.807, 2.05) is 0 Å². The van der Waals surface area contributed by atoms with E-state index in [1.165, 1.54) is 11.3 Å². The van der Waals surface area contributed by atoms with Gasteiger partial charge in [0.15, 0.2) is 5.82 Å². The smallest absolute Gasteiger partial charge is 0.158 e. The fourth-order valence-electron chi connectivity index (χ4n) is 2.56. The zero-order valence-corrected chi connectivity index (χ0v) is 10.9. The van der Waals surface area contributed by atoms with Gasteiger partial charge in [0.2, 0.25) is 0 Å². The number of nitrogen functional groups attached to an aromatic ring is 1. The summed E-state index contributed by atoms with van der Waals surface area (Å²) in [5.41, 5.74) is 6.14. The van der Waals surface area contributed by atoms with Gasteiger partial charge in [-0.1, -0.05) is 18.2 Å². The van der Waals surface area contributed by atoms with Gasteiger partial charge in [0.05, 0.1) is 24.6 Å². The molecule has 0 amide bonds. The van der Waals surface area contributed by atoms with Crippen LogP contribution in [0.3, 0.4) is 0 Å². The molecule has 1 atom stereocenters. The van der Waals surface area contributed by atoms with Crippen LogP contribution in [0.15, 0.2) is 36.7 Å². The zero-order chi connectivity index (χ0) is 13.2. The first-order valence-electron chi connectivity index (χ1n) is 6.40. The molecule has 1 aromatic heterocycles. The van der Waals surface area contributed by atoms with Gasteiger partial charge in [-0.2, -0.15) is 0 Å². The number of fused-ring (bicyclic) bond motifs is 1. The van der Waals surface area contributed by atoms with E-state index in [2.05, 4.69) is 51.5 Å². The van der Waals surface area contributed by atoms with E-state index in [4.69, 9.17) is 5.84 Å². The molecular formula is C14H17N5. The summed E-state index contributed by atoms with van der Waals surface area (Å²) >= 11 is 0. The topological polar surface area (TPSA) is 67.1 Å². The Bertz CT molecular complexity index is 566. The maximum absolute atomic E-state index is 5.29. The number of benzene rings is 1. The largest absolute Gasteiger partial charge is 0.362 e. The van der Waals surface area contributed by atoms with Crippen molar-refractivity contribution in [2.45, 2.75) is 25.9 Å². The fraction of sp³-hybridized carbons (Fsp3) is 0.286. The minimum atomic E-state index is 0.492. The molecule has 2 aromatic rings. The number of nitrogens with two attached hydrogens (primary N) is 1. The SMILES string of the molecule is CC1Cc2ccccc2N1Cc1cnc(NN)cn1. The number of hydrogen-bond acceptors (Lipinski definition) is 5. The van der Waals surface area contributed by atoms with E-state index >= 15 is 0 Å². The van der Waals surface area contributed by atoms with Crippen molar-refractivity contribution in [3.63, 3.8) is 0 Å². The number of hydrazine groups is 1. The molecule has 0 radical (unpaired) electrons. The van der Waals surface area contributed by atoms with Crippen LogP contribution in [0.25, 0.3) is 0 Å². The second-order valence-electron chi connectivity index (χ2n) is 4.85. The van der Waals surface area contributed by atoms with Crippen molar-refractivity contribution in [3.05, 3.63) is 47.9 Å². The number of nitrogens with one attached hydrogen (secondary N) is 1. The molecule has 5 heteroatoms. The minimum Gasteiger partial charge on any atom is -0.362 e. The maximum atomic E-state index is 5.29. The molecule has 1 aliphatic rings. The highest BCUT2D eigenvalue weighted by Crippen LogP contribution is 2.32. The van der Waals surface area contributed by atoms with Crippen LogP contribution in [0.4, 0.5) is 11.5 Å². The summed E-state index contributed by atoms with van der Waals surface area (Å²) in [6.45, 7) is 3.01. The summed E-state index contributed by atoms with van der Waals surface area (Å²) in [5, 5.41) is 0. The van der Waals surface area contributed by atoms with Crippen LogP contribution in [0, 0.1) is 0 Å². The third-order valence-electron chi connectivity index (χ3n) is 3.53. The van der Waals surface area contributed by atoms with E-state index in [9.17, 15) is 0 Å². The van der Waals surface area contributed by atoms with Crippen molar-refractivity contribution in [1.82, 2.24) is 9.97 Å². The lowest BCUT2D eigenvalue weighted by Gasteiger charge is -2.24. The molecule has 0 saturated carbocycles. The van der Waals surface area contributed by atoms with E-state index < -0.39 is 0 Å². The third-order valence-corrected chi connectivity index (χ3v) is 3.53. The zero-order valence-electron chi connectivity index (χ0n) is 10.9. The molecule has 3 N–H and O–H groups in total. The van der Waals surface area contributed by atoms with Crippen LogP contribution in [-0.4, -0.2) is 16.0 Å². The van der Waals surface area contributed by atoms with Crippen LogP contribution < -0.4 is 16.2 Å². The summed E-state index contributed by atoms with van der Waals surface area (Å²) in [6.07, 6.45) is 4.51. The van der Waals surface area contributed by atoms with Crippen LogP contribution >= 0.6 is 0 Å². The molecule has 0 saturated heterocycles. The van der Waals surface area contributed by atoms with Gasteiger partial charge < -0.3 is 10.3 Å². The lowest BCUT2D eigenvalue weighted by Crippen LogP contribution is -2.29. The number of nitrogens with zero attached hydrogens (tertiary/aromatic N) is 3. The van der Waals surface area contributed by atoms with E-state index in [0.717, 1.165) is 18.7 Å². The lowest BCUT2D eigenvalue weighted by atomic mass is 10.1. The minimum absolute atomic E-state index is 0.492. The molecule has 19 heavy (non-hydrogen) atoms. The average Bonchev–Trinajstić information content (AvgIpc) is 2.76. The van der Waals surface area contributed by atoms with E-state index in [0.29, 0.717) is 11.9 Å². The highest BCUT2D eigenvalue weighted by atomic mass is 15.3. The first-order valence-corrected chi connectivity index (χ1v) is 6.40. The van der Waals surface area contributed by atoms with Gasteiger partial charge >= 0.3 is 0 Å². The molecular weight excluding hydrogens is 238 g/mol. The summed E-state index contributed by atoms with van der Waals surface area (Å²) in [4.78, 5) is 10.9. The molecule has 1 unspecified atom stereocenters. The number of aromatic nitrogens is 2. The predicted octanol–water partition coefficient (Wildman–Crippen LogP) is 1.71. The molecule has 1 aliphatic heterocycles. The average molecular weight is 255 g/mol. The Balaban J connectivity index is 1.82. The summed E-state index contributed by atoms with van der Waals surface area (Å²) in [5.74, 6) is 5.87. The first-order chi connectivity index (χ1) is 9.28. The standard InChI is InChI=1S/C14H17N5/c1-10-6-11-4-2-3-5-13(11)19(10)9-12-7-17-14(18-15)8-16-12/h2-5,7-8,10H,6,9,15H2,1H3,(H,17,18). The maximum Gasteiger partial charge on any atom is 0.158 e. The Kier molecular flexibility index (Phi) is 3.05. The lowest BCUT2D eigenvalue weighted by molar-refractivity contribution is 0.663. The van der Waals surface area contributed by atoms with Gasteiger partial charge in [-0.3, -0.25) is 4.98 Å². The Morgan fingerprint density at radius 1 is 1.32 bits per heavy atom. The highest BCUT2D eigenvalue weighted by Gasteiger charge is 2.25.